The van der Waals surface area contributed by atoms with Crippen molar-refractivity contribution in [3.05, 3.63) is 71.4 Å². The molecule has 0 spiro atoms. The van der Waals surface area contributed by atoms with E-state index in [1.165, 1.54) is 22.0 Å². The van der Waals surface area contributed by atoms with Crippen molar-refractivity contribution in [2.75, 3.05) is 25.0 Å². The van der Waals surface area contributed by atoms with E-state index in [-0.39, 0.29) is 15.9 Å². The number of rotatable bonds is 7. The lowest BCUT2D eigenvalue weighted by Gasteiger charge is -2.23. The molecular formula is C24H30N4O3S. The van der Waals surface area contributed by atoms with Gasteiger partial charge < -0.3 is 4.90 Å². The minimum Gasteiger partial charge on any atom is -0.347 e. The Hall–Kier alpha value is -2.97. The Labute approximate surface area is 190 Å². The van der Waals surface area contributed by atoms with Crippen LogP contribution >= 0.6 is 0 Å². The fraction of sp³-hybridized carbons (Fsp3) is 0.333. The Balaban J connectivity index is 1.75. The first kappa shape index (κ1) is 23.7. The predicted molar refractivity (Wildman–Crippen MR) is 128 cm³/mol. The lowest BCUT2D eigenvalue weighted by atomic mass is 9.84. The summed E-state index contributed by atoms with van der Waals surface area (Å²) in [5, 5.41) is 4.05. The lowest BCUT2D eigenvalue weighted by molar-refractivity contribution is 0.0955. The van der Waals surface area contributed by atoms with E-state index in [9.17, 15) is 13.2 Å². The quantitative estimate of drug-likeness (QED) is 0.510. The lowest BCUT2D eigenvalue weighted by Crippen LogP contribution is -2.30. The Bertz CT molecular complexity index is 1170. The van der Waals surface area contributed by atoms with Crippen molar-refractivity contribution in [2.45, 2.75) is 38.0 Å². The zero-order valence-electron chi connectivity index (χ0n) is 19.2. The van der Waals surface area contributed by atoms with Crippen LogP contribution in [-0.2, 0) is 15.4 Å². The van der Waals surface area contributed by atoms with Crippen molar-refractivity contribution in [3.8, 4) is 0 Å². The highest BCUT2D eigenvalue weighted by atomic mass is 32.2. The summed E-state index contributed by atoms with van der Waals surface area (Å²) in [6, 6.07) is 14.2. The molecular weight excluding hydrogens is 424 g/mol. The van der Waals surface area contributed by atoms with E-state index >= 15 is 0 Å². The van der Waals surface area contributed by atoms with E-state index in [1.54, 1.807) is 32.2 Å². The molecule has 2 aromatic carbocycles. The molecule has 1 heterocycles. The number of nitrogens with one attached hydrogen (secondary N) is 1. The van der Waals surface area contributed by atoms with Crippen LogP contribution in [0.2, 0.25) is 0 Å². The summed E-state index contributed by atoms with van der Waals surface area (Å²) < 4.78 is 26.8. The van der Waals surface area contributed by atoms with Gasteiger partial charge in [0.15, 0.2) is 0 Å². The molecule has 170 valence electrons. The molecule has 0 aliphatic carbocycles. The minimum atomic E-state index is -3.64. The molecule has 0 saturated heterocycles. The number of para-hydroxylation sites is 1. The van der Waals surface area contributed by atoms with E-state index in [2.05, 4.69) is 41.4 Å². The van der Waals surface area contributed by atoms with Crippen molar-refractivity contribution in [1.82, 2.24) is 9.73 Å². The minimum absolute atomic E-state index is 0.0899. The first-order valence-electron chi connectivity index (χ1n) is 10.6. The highest BCUT2D eigenvalue weighted by Gasteiger charge is 2.37. The molecule has 0 bridgehead atoms. The van der Waals surface area contributed by atoms with Crippen molar-refractivity contribution < 1.29 is 13.2 Å². The standard InChI is InChI=1S/C24H30N4O3S/c1-6-28(7-2)32(30,31)19-12-10-11-18(17-19)23(29)26-25-16-15-22-24(3,4)20-13-8-9-14-21(20)27(22)5/h8-17H,6-7H2,1-5H3,(H,26,29)/b22-15+,25-16+. The third-order valence-electron chi connectivity index (χ3n) is 5.85. The average Bonchev–Trinajstić information content (AvgIpc) is 2.97. The third kappa shape index (κ3) is 4.33. The number of sulfonamides is 1. The first-order chi connectivity index (χ1) is 15.1. The molecule has 1 aliphatic rings. The summed E-state index contributed by atoms with van der Waals surface area (Å²) in [5.41, 5.74) is 5.96. The molecule has 1 aliphatic heterocycles. The average molecular weight is 455 g/mol. The van der Waals surface area contributed by atoms with Gasteiger partial charge in [0.2, 0.25) is 10.0 Å². The van der Waals surface area contributed by atoms with Crippen LogP contribution in [0.15, 0.2) is 70.3 Å². The number of hydrogen-bond donors (Lipinski definition) is 1. The predicted octanol–water partition coefficient (Wildman–Crippen LogP) is 3.74. The van der Waals surface area contributed by atoms with Crippen LogP contribution in [0, 0.1) is 0 Å². The Morgan fingerprint density at radius 2 is 1.81 bits per heavy atom. The molecule has 3 rings (SSSR count). The maximum Gasteiger partial charge on any atom is 0.271 e. The number of anilines is 1. The van der Waals surface area contributed by atoms with Crippen LogP contribution in [0.25, 0.3) is 0 Å². The largest absolute Gasteiger partial charge is 0.347 e. The van der Waals surface area contributed by atoms with Gasteiger partial charge in [-0.15, -0.1) is 0 Å². The van der Waals surface area contributed by atoms with Gasteiger partial charge in [0.05, 0.1) is 4.90 Å². The summed E-state index contributed by atoms with van der Waals surface area (Å²) >= 11 is 0. The van der Waals surface area contributed by atoms with Gasteiger partial charge in [-0.1, -0.05) is 52.0 Å². The second-order valence-corrected chi connectivity index (χ2v) is 10.0. The normalized spacial score (nSPS) is 16.7. The second kappa shape index (κ2) is 9.26. The van der Waals surface area contributed by atoms with E-state index in [1.807, 2.05) is 25.3 Å². The SMILES string of the molecule is CCN(CC)S(=O)(=O)c1cccc(C(=O)N/N=C/C=C2/N(C)c3ccccc3C2(C)C)c1. The Kier molecular flexibility index (Phi) is 6.85. The van der Waals surface area contributed by atoms with Gasteiger partial charge in [0, 0.05) is 48.7 Å². The molecule has 32 heavy (non-hydrogen) atoms. The smallest absolute Gasteiger partial charge is 0.271 e. The molecule has 0 aromatic heterocycles. The Morgan fingerprint density at radius 3 is 2.47 bits per heavy atom. The van der Waals surface area contributed by atoms with E-state index in [0.29, 0.717) is 13.1 Å². The van der Waals surface area contributed by atoms with Crippen LogP contribution in [-0.4, -0.2) is 45.0 Å². The maximum atomic E-state index is 12.7. The number of amides is 1. The van der Waals surface area contributed by atoms with Crippen LogP contribution in [0.4, 0.5) is 5.69 Å². The van der Waals surface area contributed by atoms with Gasteiger partial charge in [-0.25, -0.2) is 13.8 Å². The number of nitrogens with zero attached hydrogens (tertiary/aromatic N) is 3. The molecule has 0 radical (unpaired) electrons. The number of allylic oxidation sites excluding steroid dienone is 2. The molecule has 1 N–H and O–H groups in total. The van der Waals surface area contributed by atoms with Gasteiger partial charge in [-0.2, -0.15) is 9.41 Å². The van der Waals surface area contributed by atoms with E-state index in [4.69, 9.17) is 0 Å². The maximum absolute atomic E-state index is 12.7. The molecule has 8 heteroatoms. The van der Waals surface area contributed by atoms with Crippen molar-refractivity contribution >= 4 is 27.8 Å². The number of benzene rings is 2. The monoisotopic (exact) mass is 454 g/mol. The highest BCUT2D eigenvalue weighted by Crippen LogP contribution is 2.46. The van der Waals surface area contributed by atoms with Gasteiger partial charge >= 0.3 is 0 Å². The molecule has 0 atom stereocenters. The summed E-state index contributed by atoms with van der Waals surface area (Å²) in [5.74, 6) is -0.474. The van der Waals surface area contributed by atoms with Crippen LogP contribution in [0.1, 0.15) is 43.6 Å². The van der Waals surface area contributed by atoms with E-state index < -0.39 is 15.9 Å². The summed E-state index contributed by atoms with van der Waals surface area (Å²) in [4.78, 5) is 14.7. The zero-order valence-corrected chi connectivity index (χ0v) is 20.0. The van der Waals surface area contributed by atoms with Gasteiger partial charge in [0.1, 0.15) is 0 Å². The van der Waals surface area contributed by atoms with Gasteiger partial charge in [0.25, 0.3) is 5.91 Å². The number of hydrazone groups is 1. The first-order valence-corrected chi connectivity index (χ1v) is 12.1. The summed E-state index contributed by atoms with van der Waals surface area (Å²) in [6.07, 6.45) is 3.43. The molecule has 0 saturated carbocycles. The fourth-order valence-corrected chi connectivity index (χ4v) is 5.58. The zero-order chi connectivity index (χ0) is 23.5. The van der Waals surface area contributed by atoms with Gasteiger partial charge in [-0.05, 0) is 35.9 Å². The highest BCUT2D eigenvalue weighted by molar-refractivity contribution is 7.89. The molecule has 7 nitrogen and oxygen atoms in total. The number of carbonyl (C=O) groups is 1. The topological polar surface area (TPSA) is 82.1 Å². The number of fused-ring (bicyclic) bond motifs is 1. The molecule has 2 aromatic rings. The Morgan fingerprint density at radius 1 is 1.12 bits per heavy atom. The van der Waals surface area contributed by atoms with Crippen molar-refractivity contribution in [2.24, 2.45) is 5.10 Å². The fourth-order valence-electron chi connectivity index (χ4n) is 4.08. The summed E-state index contributed by atoms with van der Waals surface area (Å²) in [7, 11) is -1.63. The van der Waals surface area contributed by atoms with E-state index in [0.717, 1.165) is 11.4 Å². The van der Waals surface area contributed by atoms with Crippen molar-refractivity contribution in [3.63, 3.8) is 0 Å². The molecule has 0 fully saturated rings. The summed E-state index contributed by atoms with van der Waals surface area (Å²) in [6.45, 7) is 8.58. The number of carbonyl (C=O) groups excluding carboxylic acids is 1. The molecule has 1 amide bonds. The van der Waals surface area contributed by atoms with Crippen molar-refractivity contribution in [1.29, 1.82) is 0 Å². The van der Waals surface area contributed by atoms with Crippen LogP contribution in [0.5, 0.6) is 0 Å². The number of hydrogen-bond acceptors (Lipinski definition) is 5. The van der Waals surface area contributed by atoms with Crippen LogP contribution in [0.3, 0.4) is 0 Å². The number of likely N-dealkylation sites (N-methyl/N-ethyl adjacent to an activating group) is 1. The second-order valence-electron chi connectivity index (χ2n) is 8.09. The third-order valence-corrected chi connectivity index (χ3v) is 7.90. The van der Waals surface area contributed by atoms with Crippen LogP contribution < -0.4 is 10.3 Å². The van der Waals surface area contributed by atoms with Gasteiger partial charge in [-0.3, -0.25) is 4.79 Å². The molecule has 0 unspecified atom stereocenters.